The molecular formula is C12H24N2O. The van der Waals surface area contributed by atoms with E-state index in [0.717, 1.165) is 26.2 Å². The Morgan fingerprint density at radius 2 is 1.47 bits per heavy atom. The van der Waals surface area contributed by atoms with Gasteiger partial charge in [0.15, 0.2) is 0 Å². The molecule has 0 radical (unpaired) electrons. The average molecular weight is 212 g/mol. The molecule has 2 amide bonds. The summed E-state index contributed by atoms with van der Waals surface area (Å²) in [5.74, 6) is 0. The van der Waals surface area contributed by atoms with Crippen molar-refractivity contribution < 1.29 is 4.79 Å². The molecule has 0 aliphatic carbocycles. The van der Waals surface area contributed by atoms with Gasteiger partial charge in [-0.25, -0.2) is 4.79 Å². The number of hydrogen-bond acceptors (Lipinski definition) is 1. The summed E-state index contributed by atoms with van der Waals surface area (Å²) in [5, 5.41) is 0. The second-order valence-electron chi connectivity index (χ2n) is 4.21. The van der Waals surface area contributed by atoms with Crippen LogP contribution in [0.4, 0.5) is 4.79 Å². The van der Waals surface area contributed by atoms with Crippen LogP contribution in [0.25, 0.3) is 0 Å². The van der Waals surface area contributed by atoms with Crippen molar-refractivity contribution in [3.63, 3.8) is 0 Å². The summed E-state index contributed by atoms with van der Waals surface area (Å²) in [5.41, 5.74) is 0. The van der Waals surface area contributed by atoms with Crippen molar-refractivity contribution in [1.29, 1.82) is 0 Å². The van der Waals surface area contributed by atoms with Crippen LogP contribution in [0.5, 0.6) is 0 Å². The zero-order chi connectivity index (χ0) is 11.1. The molecule has 15 heavy (non-hydrogen) atoms. The molecule has 1 rings (SSSR count). The van der Waals surface area contributed by atoms with E-state index in [0.29, 0.717) is 0 Å². The molecule has 1 fully saturated rings. The summed E-state index contributed by atoms with van der Waals surface area (Å²) in [4.78, 5) is 16.0. The number of carbonyl (C=O) groups is 1. The van der Waals surface area contributed by atoms with E-state index in [1.807, 2.05) is 23.6 Å². The zero-order valence-electron chi connectivity index (χ0n) is 10.2. The Hall–Kier alpha value is -0.730. The monoisotopic (exact) mass is 212 g/mol. The van der Waals surface area contributed by atoms with E-state index in [2.05, 4.69) is 0 Å². The maximum Gasteiger partial charge on any atom is 0.319 e. The molecule has 0 bridgehead atoms. The second-order valence-corrected chi connectivity index (χ2v) is 4.21. The quantitative estimate of drug-likeness (QED) is 0.690. The minimum Gasteiger partial charge on any atom is -0.325 e. The summed E-state index contributed by atoms with van der Waals surface area (Å²) in [6, 6.07) is 0.238. The predicted molar refractivity (Wildman–Crippen MR) is 63.0 cm³/mol. The van der Waals surface area contributed by atoms with Gasteiger partial charge in [0.2, 0.25) is 0 Å². The number of likely N-dealkylation sites (tertiary alicyclic amines) is 1. The highest BCUT2D eigenvalue weighted by atomic mass is 16.2. The first kappa shape index (κ1) is 12.3. The number of hydrogen-bond donors (Lipinski definition) is 0. The van der Waals surface area contributed by atoms with E-state index in [9.17, 15) is 4.79 Å². The van der Waals surface area contributed by atoms with Gasteiger partial charge in [-0.2, -0.15) is 0 Å². The largest absolute Gasteiger partial charge is 0.325 e. The molecule has 88 valence electrons. The van der Waals surface area contributed by atoms with Crippen LogP contribution in [0.2, 0.25) is 0 Å². The lowest BCUT2D eigenvalue weighted by molar-refractivity contribution is 0.153. The van der Waals surface area contributed by atoms with E-state index in [-0.39, 0.29) is 6.03 Å². The van der Waals surface area contributed by atoms with Crippen molar-refractivity contribution in [2.45, 2.75) is 46.0 Å². The van der Waals surface area contributed by atoms with Crippen molar-refractivity contribution >= 4 is 6.03 Å². The van der Waals surface area contributed by atoms with Gasteiger partial charge in [-0.15, -0.1) is 0 Å². The molecule has 0 spiro atoms. The van der Waals surface area contributed by atoms with Gasteiger partial charge in [0.05, 0.1) is 0 Å². The lowest BCUT2D eigenvalue weighted by Crippen LogP contribution is -2.44. The van der Waals surface area contributed by atoms with Crippen LogP contribution in [0.15, 0.2) is 0 Å². The highest BCUT2D eigenvalue weighted by molar-refractivity contribution is 5.74. The van der Waals surface area contributed by atoms with Crippen LogP contribution in [-0.2, 0) is 0 Å². The third-order valence-electron chi connectivity index (χ3n) is 3.16. The number of urea groups is 1. The first-order valence-corrected chi connectivity index (χ1v) is 6.33. The van der Waals surface area contributed by atoms with Gasteiger partial charge >= 0.3 is 6.03 Å². The highest BCUT2D eigenvalue weighted by Gasteiger charge is 2.18. The topological polar surface area (TPSA) is 23.6 Å². The molecule has 0 atom stereocenters. The summed E-state index contributed by atoms with van der Waals surface area (Å²) in [6.07, 6.45) is 6.25. The third kappa shape index (κ3) is 3.73. The van der Waals surface area contributed by atoms with Gasteiger partial charge in [0.1, 0.15) is 0 Å². The van der Waals surface area contributed by atoms with Gasteiger partial charge in [0, 0.05) is 26.2 Å². The van der Waals surface area contributed by atoms with Crippen LogP contribution in [0, 0.1) is 0 Å². The Kier molecular flexibility index (Phi) is 5.51. The Morgan fingerprint density at radius 3 is 1.93 bits per heavy atom. The first-order chi connectivity index (χ1) is 7.29. The van der Waals surface area contributed by atoms with Crippen LogP contribution >= 0.6 is 0 Å². The van der Waals surface area contributed by atoms with Crippen LogP contribution in [0.1, 0.15) is 46.0 Å². The minimum absolute atomic E-state index is 0.238. The predicted octanol–water partition coefficient (Wildman–Crippen LogP) is 2.71. The van der Waals surface area contributed by atoms with Crippen LogP contribution in [0.3, 0.4) is 0 Å². The van der Waals surface area contributed by atoms with Crippen LogP contribution < -0.4 is 0 Å². The number of nitrogens with zero attached hydrogens (tertiary/aromatic N) is 2. The summed E-state index contributed by atoms with van der Waals surface area (Å²) in [7, 11) is 0. The van der Waals surface area contributed by atoms with Gasteiger partial charge < -0.3 is 9.80 Å². The standard InChI is InChI=1S/C12H24N2O/c1-3-13(4-2)12(15)14-10-8-6-5-7-9-11-14/h3-11H2,1-2H3. The Balaban J connectivity index is 2.47. The van der Waals surface area contributed by atoms with Gasteiger partial charge in [0.25, 0.3) is 0 Å². The minimum atomic E-state index is 0.238. The molecule has 3 nitrogen and oxygen atoms in total. The average Bonchev–Trinajstić information content (AvgIpc) is 2.18. The Labute approximate surface area is 93.4 Å². The normalized spacial score (nSPS) is 18.1. The fourth-order valence-corrected chi connectivity index (χ4v) is 2.13. The van der Waals surface area contributed by atoms with E-state index in [1.54, 1.807) is 0 Å². The SMILES string of the molecule is CCN(CC)C(=O)N1CCCCCCC1. The number of amides is 2. The van der Waals surface area contributed by atoms with Gasteiger partial charge in [-0.1, -0.05) is 19.3 Å². The fourth-order valence-electron chi connectivity index (χ4n) is 2.13. The van der Waals surface area contributed by atoms with Gasteiger partial charge in [-0.3, -0.25) is 0 Å². The zero-order valence-corrected chi connectivity index (χ0v) is 10.2. The van der Waals surface area contributed by atoms with Crippen molar-refractivity contribution in [2.75, 3.05) is 26.2 Å². The van der Waals surface area contributed by atoms with Crippen LogP contribution in [-0.4, -0.2) is 42.0 Å². The first-order valence-electron chi connectivity index (χ1n) is 6.33. The smallest absolute Gasteiger partial charge is 0.319 e. The van der Waals surface area contributed by atoms with E-state index >= 15 is 0 Å². The molecule has 0 saturated carbocycles. The molecule has 0 aromatic carbocycles. The Bertz CT molecular complexity index is 182. The summed E-state index contributed by atoms with van der Waals surface area (Å²) >= 11 is 0. The van der Waals surface area contributed by atoms with E-state index < -0.39 is 0 Å². The number of rotatable bonds is 2. The molecule has 1 heterocycles. The molecule has 0 unspecified atom stereocenters. The molecule has 1 aliphatic heterocycles. The maximum absolute atomic E-state index is 12.1. The maximum atomic E-state index is 12.1. The van der Waals surface area contributed by atoms with Gasteiger partial charge in [-0.05, 0) is 26.7 Å². The second kappa shape index (κ2) is 6.70. The van der Waals surface area contributed by atoms with Crippen molar-refractivity contribution in [3.05, 3.63) is 0 Å². The fraction of sp³-hybridized carbons (Fsp3) is 0.917. The Morgan fingerprint density at radius 1 is 1.00 bits per heavy atom. The van der Waals surface area contributed by atoms with Crippen molar-refractivity contribution in [3.8, 4) is 0 Å². The number of carbonyl (C=O) groups excluding carboxylic acids is 1. The molecular weight excluding hydrogens is 188 g/mol. The molecule has 0 aromatic rings. The van der Waals surface area contributed by atoms with Crippen molar-refractivity contribution in [2.24, 2.45) is 0 Å². The third-order valence-corrected chi connectivity index (χ3v) is 3.16. The summed E-state index contributed by atoms with van der Waals surface area (Å²) < 4.78 is 0. The van der Waals surface area contributed by atoms with E-state index in [4.69, 9.17) is 0 Å². The van der Waals surface area contributed by atoms with E-state index in [1.165, 1.54) is 32.1 Å². The molecule has 1 aliphatic rings. The molecule has 1 saturated heterocycles. The molecule has 3 heteroatoms. The highest BCUT2D eigenvalue weighted by Crippen LogP contribution is 2.12. The van der Waals surface area contributed by atoms with Crippen molar-refractivity contribution in [1.82, 2.24) is 9.80 Å². The lowest BCUT2D eigenvalue weighted by Gasteiger charge is -2.30. The molecule has 0 N–H and O–H groups in total. The molecule has 0 aromatic heterocycles. The summed E-state index contributed by atoms with van der Waals surface area (Å²) in [6.45, 7) is 7.65. The lowest BCUT2D eigenvalue weighted by atomic mass is 10.1.